The van der Waals surface area contributed by atoms with Gasteiger partial charge in [-0.05, 0) is 56.4 Å². The van der Waals surface area contributed by atoms with Gasteiger partial charge in [0.15, 0.2) is 0 Å². The van der Waals surface area contributed by atoms with Crippen LogP contribution in [0.25, 0.3) is 11.3 Å². The number of nitrogens with zero attached hydrogens (tertiary/aromatic N) is 3. The largest absolute Gasteiger partial charge is 0.470 e. The van der Waals surface area contributed by atoms with E-state index in [0.717, 1.165) is 75.4 Å². The van der Waals surface area contributed by atoms with E-state index in [1.165, 1.54) is 11.3 Å². The first kappa shape index (κ1) is 24.4. The van der Waals surface area contributed by atoms with Gasteiger partial charge in [-0.25, -0.2) is 9.97 Å². The molecule has 2 aromatic rings. The van der Waals surface area contributed by atoms with Crippen LogP contribution in [0.3, 0.4) is 0 Å². The van der Waals surface area contributed by atoms with Crippen molar-refractivity contribution in [3.8, 4) is 16.5 Å². The van der Waals surface area contributed by atoms with E-state index in [2.05, 4.69) is 26.5 Å². The van der Waals surface area contributed by atoms with E-state index in [1.54, 1.807) is 13.3 Å². The topological polar surface area (TPSA) is 77.9 Å². The monoisotopic (exact) mass is 492 g/mol. The van der Waals surface area contributed by atoms with Gasteiger partial charge in [-0.15, -0.1) is 0 Å². The lowest BCUT2D eigenvalue weighted by Gasteiger charge is -2.27. The van der Waals surface area contributed by atoms with Crippen LogP contribution in [0, 0.1) is 11.8 Å². The van der Waals surface area contributed by atoms with Gasteiger partial charge in [0.2, 0.25) is 0 Å². The van der Waals surface area contributed by atoms with Gasteiger partial charge >= 0.3 is 0 Å². The molecule has 180 valence electrons. The van der Waals surface area contributed by atoms with Crippen LogP contribution in [0.1, 0.15) is 38.5 Å². The van der Waals surface area contributed by atoms with Crippen molar-refractivity contribution >= 4 is 35.0 Å². The van der Waals surface area contributed by atoms with E-state index in [9.17, 15) is 0 Å². The minimum absolute atomic E-state index is 0.406. The maximum atomic E-state index is 6.47. The minimum Gasteiger partial charge on any atom is -0.470 e. The molecule has 1 saturated heterocycles. The number of aliphatic imine (C=N–C) groups is 1. The third-order valence-corrected chi connectivity index (χ3v) is 7.32. The van der Waals surface area contributed by atoms with Gasteiger partial charge in [0.05, 0.1) is 30.5 Å². The molecule has 0 bridgehead atoms. The van der Waals surface area contributed by atoms with E-state index in [1.807, 2.05) is 11.4 Å². The molecule has 0 amide bonds. The zero-order chi connectivity index (χ0) is 22.9. The minimum atomic E-state index is 0.406. The van der Waals surface area contributed by atoms with Crippen LogP contribution in [-0.2, 0) is 9.47 Å². The molecule has 4 rings (SSSR count). The summed E-state index contributed by atoms with van der Waals surface area (Å²) in [5, 5.41) is 6.87. The fraction of sp³-hybridized carbons (Fsp3) is 0.625. The average Bonchev–Trinajstić information content (AvgIpc) is 3.32. The summed E-state index contributed by atoms with van der Waals surface area (Å²) in [6.45, 7) is 3.75. The van der Waals surface area contributed by atoms with Crippen molar-refractivity contribution in [2.24, 2.45) is 16.8 Å². The van der Waals surface area contributed by atoms with E-state index in [0.29, 0.717) is 41.3 Å². The number of hydrogen-bond acceptors (Lipinski definition) is 8. The quantitative estimate of drug-likeness (QED) is 0.355. The van der Waals surface area contributed by atoms with Gasteiger partial charge in [0.1, 0.15) is 5.82 Å². The van der Waals surface area contributed by atoms with E-state index in [-0.39, 0.29) is 0 Å². The summed E-state index contributed by atoms with van der Waals surface area (Å²) in [4.78, 5) is 13.6. The lowest BCUT2D eigenvalue weighted by atomic mass is 9.87. The lowest BCUT2D eigenvalue weighted by Crippen LogP contribution is -2.27. The summed E-state index contributed by atoms with van der Waals surface area (Å²) in [5.74, 6) is 1.94. The molecule has 2 fully saturated rings. The predicted molar refractivity (Wildman–Crippen MR) is 134 cm³/mol. The number of ether oxygens (including phenoxy) is 3. The Balaban J connectivity index is 1.30. The first-order chi connectivity index (χ1) is 16.2. The van der Waals surface area contributed by atoms with Crippen LogP contribution in [-0.4, -0.2) is 62.3 Å². The Hall–Kier alpha value is -1.74. The molecule has 2 aliphatic rings. The SMILES string of the molecule is COCCN=CC1CCC(Nc2cc(-c3csc(OCC4CCOCC4)n3)c(Cl)cn2)CC1. The summed E-state index contributed by atoms with van der Waals surface area (Å²) in [5.41, 5.74) is 1.71. The van der Waals surface area contributed by atoms with Crippen molar-refractivity contribution in [3.63, 3.8) is 0 Å². The summed E-state index contributed by atoms with van der Waals surface area (Å²) in [6, 6.07) is 2.40. The molecule has 3 heterocycles. The Morgan fingerprint density at radius 2 is 2.06 bits per heavy atom. The lowest BCUT2D eigenvalue weighted by molar-refractivity contribution is 0.0497. The maximum absolute atomic E-state index is 6.47. The number of nitrogens with one attached hydrogen (secondary N) is 1. The number of aromatic nitrogens is 2. The molecular formula is C24H33ClN4O3S. The molecule has 0 atom stereocenters. The van der Waals surface area contributed by atoms with E-state index in [4.69, 9.17) is 25.8 Å². The normalized spacial score (nSPS) is 22.0. The summed E-state index contributed by atoms with van der Waals surface area (Å²) >= 11 is 7.98. The standard InChI is InChI=1S/C24H33ClN4O3S/c1-30-11-8-26-13-17-2-4-19(5-3-17)28-23-12-20(21(25)14-27-23)22-16-33-24(29-22)32-15-18-6-9-31-10-7-18/h12-14,16-19H,2-11,15H2,1H3,(H,27,28). The van der Waals surface area contributed by atoms with Gasteiger partial charge in [0.25, 0.3) is 5.19 Å². The molecule has 0 spiro atoms. The Kier molecular flexibility index (Phi) is 9.35. The van der Waals surface area contributed by atoms with Crippen LogP contribution in [0.5, 0.6) is 5.19 Å². The van der Waals surface area contributed by atoms with Crippen molar-refractivity contribution in [3.05, 3.63) is 22.7 Å². The van der Waals surface area contributed by atoms with Gasteiger partial charge in [-0.3, -0.25) is 4.99 Å². The highest BCUT2D eigenvalue weighted by molar-refractivity contribution is 7.11. The zero-order valence-corrected chi connectivity index (χ0v) is 20.7. The van der Waals surface area contributed by atoms with Crippen LogP contribution < -0.4 is 10.1 Å². The molecule has 0 unspecified atom stereocenters. The average molecular weight is 493 g/mol. The highest BCUT2D eigenvalue weighted by Gasteiger charge is 2.21. The highest BCUT2D eigenvalue weighted by Crippen LogP contribution is 2.34. The molecule has 33 heavy (non-hydrogen) atoms. The molecule has 2 aromatic heterocycles. The second kappa shape index (κ2) is 12.6. The molecule has 1 N–H and O–H groups in total. The molecule has 1 aliphatic carbocycles. The third-order valence-electron chi connectivity index (χ3n) is 6.26. The fourth-order valence-corrected chi connectivity index (χ4v) is 5.13. The fourth-order valence-electron chi connectivity index (χ4n) is 4.25. The Morgan fingerprint density at radius 3 is 2.85 bits per heavy atom. The molecule has 7 nitrogen and oxygen atoms in total. The second-order valence-electron chi connectivity index (χ2n) is 8.72. The maximum Gasteiger partial charge on any atom is 0.273 e. The van der Waals surface area contributed by atoms with Crippen molar-refractivity contribution in [2.75, 3.05) is 45.4 Å². The van der Waals surface area contributed by atoms with Crippen LogP contribution in [0.4, 0.5) is 5.82 Å². The van der Waals surface area contributed by atoms with Crippen LogP contribution >= 0.6 is 22.9 Å². The van der Waals surface area contributed by atoms with Crippen LogP contribution in [0.2, 0.25) is 5.02 Å². The summed E-state index contributed by atoms with van der Waals surface area (Å²) in [7, 11) is 1.71. The smallest absolute Gasteiger partial charge is 0.273 e. The van der Waals surface area contributed by atoms with Crippen molar-refractivity contribution in [1.29, 1.82) is 0 Å². The number of rotatable bonds is 10. The third kappa shape index (κ3) is 7.37. The Labute approximate surface area is 204 Å². The molecule has 0 aromatic carbocycles. The number of methoxy groups -OCH3 is 1. The van der Waals surface area contributed by atoms with Crippen LogP contribution in [0.15, 0.2) is 22.6 Å². The number of halogens is 1. The van der Waals surface area contributed by atoms with Gasteiger partial charge in [0, 0.05) is 49.7 Å². The molecule has 1 aliphatic heterocycles. The van der Waals surface area contributed by atoms with Crippen molar-refractivity contribution in [1.82, 2.24) is 9.97 Å². The van der Waals surface area contributed by atoms with Gasteiger partial charge < -0.3 is 19.5 Å². The number of hydrogen-bond donors (Lipinski definition) is 1. The zero-order valence-electron chi connectivity index (χ0n) is 19.2. The van der Waals surface area contributed by atoms with E-state index < -0.39 is 0 Å². The molecule has 9 heteroatoms. The first-order valence-corrected chi connectivity index (χ1v) is 13.0. The number of pyridine rings is 1. The highest BCUT2D eigenvalue weighted by atomic mass is 35.5. The van der Waals surface area contributed by atoms with Crippen molar-refractivity contribution in [2.45, 2.75) is 44.6 Å². The van der Waals surface area contributed by atoms with Gasteiger partial charge in [-0.2, -0.15) is 0 Å². The molecule has 0 radical (unpaired) electrons. The van der Waals surface area contributed by atoms with E-state index >= 15 is 0 Å². The number of anilines is 1. The number of thiazole rings is 1. The van der Waals surface area contributed by atoms with Crippen molar-refractivity contribution < 1.29 is 14.2 Å². The molecule has 1 saturated carbocycles. The Bertz CT molecular complexity index is 896. The first-order valence-electron chi connectivity index (χ1n) is 11.8. The Morgan fingerprint density at radius 1 is 1.24 bits per heavy atom. The summed E-state index contributed by atoms with van der Waals surface area (Å²) in [6.07, 6.45) is 10.4. The second-order valence-corrected chi connectivity index (χ2v) is 9.95. The predicted octanol–water partition coefficient (Wildman–Crippen LogP) is 5.35. The summed E-state index contributed by atoms with van der Waals surface area (Å²) < 4.78 is 16.4. The molecular weight excluding hydrogens is 460 g/mol. The van der Waals surface area contributed by atoms with Gasteiger partial charge in [-0.1, -0.05) is 22.9 Å².